The number of aryl methyl sites for hydroxylation is 1. The average Bonchev–Trinajstić information content (AvgIpc) is 2.28. The van der Waals surface area contributed by atoms with E-state index in [9.17, 15) is 0 Å². The highest BCUT2D eigenvalue weighted by molar-refractivity contribution is 5.58. The molecule has 0 heterocycles. The van der Waals surface area contributed by atoms with Crippen LogP contribution in [0.1, 0.15) is 17.5 Å². The minimum absolute atomic E-state index is 0.589. The number of ether oxygens (including phenoxy) is 1. The summed E-state index contributed by atoms with van der Waals surface area (Å²) in [7, 11) is 3.84. The summed E-state index contributed by atoms with van der Waals surface area (Å²) < 4.78 is 5.06. The number of anilines is 1. The Morgan fingerprint density at radius 2 is 2.12 bits per heavy atom. The molecule has 0 aliphatic heterocycles. The largest absolute Gasteiger partial charge is 0.385 e. The van der Waals surface area contributed by atoms with Gasteiger partial charge in [0.15, 0.2) is 0 Å². The lowest BCUT2D eigenvalue weighted by atomic mass is 10.1. The number of hydrogen-bond acceptors (Lipinski definition) is 3. The lowest BCUT2D eigenvalue weighted by Crippen LogP contribution is -2.22. The summed E-state index contributed by atoms with van der Waals surface area (Å²) in [5.74, 6) is 0. The van der Waals surface area contributed by atoms with Gasteiger partial charge in [-0.1, -0.05) is 18.2 Å². The smallest absolute Gasteiger partial charge is 0.0479 e. The SMILES string of the molecule is COCCCN(C)c1c(C)cccc1CN. The molecule has 2 N–H and O–H groups in total. The Labute approximate surface area is 98.2 Å². The van der Waals surface area contributed by atoms with Gasteiger partial charge in [0.25, 0.3) is 0 Å². The van der Waals surface area contributed by atoms with Gasteiger partial charge in [0.1, 0.15) is 0 Å². The highest BCUT2D eigenvalue weighted by Crippen LogP contribution is 2.23. The topological polar surface area (TPSA) is 38.5 Å². The van der Waals surface area contributed by atoms with Gasteiger partial charge in [-0.25, -0.2) is 0 Å². The molecule has 0 radical (unpaired) electrons. The minimum Gasteiger partial charge on any atom is -0.385 e. The molecule has 0 unspecified atom stereocenters. The second-order valence-corrected chi connectivity index (χ2v) is 4.05. The van der Waals surface area contributed by atoms with Crippen molar-refractivity contribution < 1.29 is 4.74 Å². The molecule has 0 aliphatic carbocycles. The van der Waals surface area contributed by atoms with Crippen LogP contribution < -0.4 is 10.6 Å². The molecule has 1 rings (SSSR count). The number of methoxy groups -OCH3 is 1. The van der Waals surface area contributed by atoms with Crippen LogP contribution in [0.5, 0.6) is 0 Å². The fourth-order valence-corrected chi connectivity index (χ4v) is 1.99. The Kier molecular flexibility index (Phi) is 5.29. The maximum Gasteiger partial charge on any atom is 0.0479 e. The summed E-state index contributed by atoms with van der Waals surface area (Å²) in [5, 5.41) is 0. The van der Waals surface area contributed by atoms with E-state index in [2.05, 4.69) is 37.1 Å². The molecule has 0 bridgehead atoms. The van der Waals surface area contributed by atoms with E-state index in [0.29, 0.717) is 6.54 Å². The van der Waals surface area contributed by atoms with Crippen LogP contribution in [-0.4, -0.2) is 27.3 Å². The zero-order chi connectivity index (χ0) is 12.0. The van der Waals surface area contributed by atoms with E-state index in [1.165, 1.54) is 16.8 Å². The van der Waals surface area contributed by atoms with Crippen molar-refractivity contribution in [2.75, 3.05) is 32.2 Å². The molecule has 0 aromatic heterocycles. The van der Waals surface area contributed by atoms with Crippen LogP contribution in [-0.2, 0) is 11.3 Å². The van der Waals surface area contributed by atoms with Crippen molar-refractivity contribution in [3.63, 3.8) is 0 Å². The molecular formula is C13H22N2O. The predicted octanol–water partition coefficient (Wildman–Crippen LogP) is 1.93. The molecule has 1 aromatic carbocycles. The van der Waals surface area contributed by atoms with Crippen molar-refractivity contribution in [2.45, 2.75) is 19.9 Å². The van der Waals surface area contributed by atoms with E-state index in [1.54, 1.807) is 7.11 Å². The fraction of sp³-hybridized carbons (Fsp3) is 0.538. The quantitative estimate of drug-likeness (QED) is 0.747. The molecule has 0 saturated heterocycles. The third kappa shape index (κ3) is 3.22. The summed E-state index contributed by atoms with van der Waals surface area (Å²) in [6.45, 7) is 4.51. The molecule has 3 heteroatoms. The zero-order valence-corrected chi connectivity index (χ0v) is 10.5. The van der Waals surface area contributed by atoms with Crippen LogP contribution in [0.4, 0.5) is 5.69 Å². The third-order valence-electron chi connectivity index (χ3n) is 2.76. The van der Waals surface area contributed by atoms with E-state index in [0.717, 1.165) is 19.6 Å². The molecule has 0 atom stereocenters. The number of rotatable bonds is 6. The molecule has 16 heavy (non-hydrogen) atoms. The Morgan fingerprint density at radius 3 is 2.75 bits per heavy atom. The maximum atomic E-state index is 5.76. The van der Waals surface area contributed by atoms with E-state index in [1.807, 2.05) is 0 Å². The molecule has 3 nitrogen and oxygen atoms in total. The van der Waals surface area contributed by atoms with Crippen molar-refractivity contribution in [2.24, 2.45) is 5.73 Å². The van der Waals surface area contributed by atoms with Crippen molar-refractivity contribution in [1.29, 1.82) is 0 Å². The maximum absolute atomic E-state index is 5.76. The highest BCUT2D eigenvalue weighted by Gasteiger charge is 2.08. The zero-order valence-electron chi connectivity index (χ0n) is 10.5. The van der Waals surface area contributed by atoms with Gasteiger partial charge in [0.2, 0.25) is 0 Å². The summed E-state index contributed by atoms with van der Waals surface area (Å²) in [5.41, 5.74) is 9.51. The first-order chi connectivity index (χ1) is 7.70. The van der Waals surface area contributed by atoms with Gasteiger partial charge >= 0.3 is 0 Å². The Hall–Kier alpha value is -1.06. The van der Waals surface area contributed by atoms with E-state index < -0.39 is 0 Å². The molecule has 0 spiro atoms. The second-order valence-electron chi connectivity index (χ2n) is 4.05. The lowest BCUT2D eigenvalue weighted by molar-refractivity contribution is 0.196. The molecule has 0 fully saturated rings. The van der Waals surface area contributed by atoms with Gasteiger partial charge in [-0.3, -0.25) is 0 Å². The van der Waals surface area contributed by atoms with Gasteiger partial charge in [-0.05, 0) is 24.5 Å². The first-order valence-corrected chi connectivity index (χ1v) is 5.69. The average molecular weight is 222 g/mol. The van der Waals surface area contributed by atoms with E-state index >= 15 is 0 Å². The predicted molar refractivity (Wildman–Crippen MR) is 68.8 cm³/mol. The number of nitrogens with zero attached hydrogens (tertiary/aromatic N) is 1. The fourth-order valence-electron chi connectivity index (χ4n) is 1.99. The first kappa shape index (κ1) is 13.0. The van der Waals surface area contributed by atoms with Gasteiger partial charge in [-0.15, -0.1) is 0 Å². The summed E-state index contributed by atoms with van der Waals surface area (Å²) in [4.78, 5) is 2.26. The van der Waals surface area contributed by atoms with E-state index in [4.69, 9.17) is 10.5 Å². The number of hydrogen-bond donors (Lipinski definition) is 1. The number of nitrogens with two attached hydrogens (primary N) is 1. The van der Waals surface area contributed by atoms with Crippen molar-refractivity contribution in [3.05, 3.63) is 29.3 Å². The molecule has 0 saturated carbocycles. The molecular weight excluding hydrogens is 200 g/mol. The standard InChI is InChI=1S/C13H22N2O/c1-11-6-4-7-12(10-14)13(11)15(2)8-5-9-16-3/h4,6-7H,5,8-10,14H2,1-3H3. The van der Waals surface area contributed by atoms with Crippen LogP contribution in [0.15, 0.2) is 18.2 Å². The normalized spacial score (nSPS) is 10.5. The Bertz CT molecular complexity index is 326. The molecule has 1 aromatic rings. The van der Waals surface area contributed by atoms with Crippen LogP contribution in [0.25, 0.3) is 0 Å². The van der Waals surface area contributed by atoms with Crippen LogP contribution in [0, 0.1) is 6.92 Å². The molecule has 90 valence electrons. The number of benzene rings is 1. The third-order valence-corrected chi connectivity index (χ3v) is 2.76. The van der Waals surface area contributed by atoms with E-state index in [-0.39, 0.29) is 0 Å². The van der Waals surface area contributed by atoms with Crippen molar-refractivity contribution in [3.8, 4) is 0 Å². The van der Waals surface area contributed by atoms with Crippen LogP contribution in [0.3, 0.4) is 0 Å². The van der Waals surface area contributed by atoms with Gasteiger partial charge < -0.3 is 15.4 Å². The number of para-hydroxylation sites is 1. The monoisotopic (exact) mass is 222 g/mol. The molecule has 0 aliphatic rings. The van der Waals surface area contributed by atoms with Crippen LogP contribution >= 0.6 is 0 Å². The Balaban J connectivity index is 2.76. The van der Waals surface area contributed by atoms with Gasteiger partial charge in [-0.2, -0.15) is 0 Å². The highest BCUT2D eigenvalue weighted by atomic mass is 16.5. The first-order valence-electron chi connectivity index (χ1n) is 5.69. The summed E-state index contributed by atoms with van der Waals surface area (Å²) in [6.07, 6.45) is 1.03. The lowest BCUT2D eigenvalue weighted by Gasteiger charge is -2.24. The Morgan fingerprint density at radius 1 is 1.38 bits per heavy atom. The summed E-state index contributed by atoms with van der Waals surface area (Å²) >= 11 is 0. The molecule has 0 amide bonds. The van der Waals surface area contributed by atoms with Crippen molar-refractivity contribution >= 4 is 5.69 Å². The summed E-state index contributed by atoms with van der Waals surface area (Å²) in [6, 6.07) is 6.28. The minimum atomic E-state index is 0.589. The van der Waals surface area contributed by atoms with Gasteiger partial charge in [0.05, 0.1) is 0 Å². The second kappa shape index (κ2) is 6.51. The van der Waals surface area contributed by atoms with Crippen LogP contribution in [0.2, 0.25) is 0 Å². The van der Waals surface area contributed by atoms with Crippen molar-refractivity contribution in [1.82, 2.24) is 0 Å². The van der Waals surface area contributed by atoms with Gasteiger partial charge in [0, 0.05) is 39.5 Å².